The summed E-state index contributed by atoms with van der Waals surface area (Å²) >= 11 is 0. The summed E-state index contributed by atoms with van der Waals surface area (Å²) in [7, 11) is -6.00. The second kappa shape index (κ2) is 9.65. The highest BCUT2D eigenvalue weighted by atomic mass is 19.5. The first-order chi connectivity index (χ1) is 11.4. The number of allylic oxidation sites excluding steroid dienone is 2. The van der Waals surface area contributed by atoms with Gasteiger partial charge in [-0.1, -0.05) is 25.2 Å². The van der Waals surface area contributed by atoms with Gasteiger partial charge in [0.1, 0.15) is 0 Å². The molecule has 0 saturated heterocycles. The Balaban J connectivity index is 0. The summed E-state index contributed by atoms with van der Waals surface area (Å²) in [5.41, 5.74) is -0.943. The summed E-state index contributed by atoms with van der Waals surface area (Å²) in [5.74, 6) is -2.51. The van der Waals surface area contributed by atoms with Crippen molar-refractivity contribution in [3.8, 4) is 0 Å². The minimum absolute atomic E-state index is 0. The van der Waals surface area contributed by atoms with Gasteiger partial charge >= 0.3 is 20.6 Å². The molecule has 3 N–H and O–H groups in total. The van der Waals surface area contributed by atoms with Crippen molar-refractivity contribution in [3.63, 3.8) is 0 Å². The Hall–Kier alpha value is -2.59. The second-order valence-corrected chi connectivity index (χ2v) is 5.09. The molecule has 2 unspecified atom stereocenters. The van der Waals surface area contributed by atoms with E-state index in [1.54, 1.807) is 38.6 Å². The van der Waals surface area contributed by atoms with Crippen LogP contribution in [0.3, 0.4) is 0 Å². The normalized spacial score (nSPS) is 21.8. The maximum atomic E-state index is 11.1. The average Bonchev–Trinajstić information content (AvgIpc) is 3.04. The standard InChI is InChI=1S/C11H14O4.C3H4N2.BF4/c1-3-8-7(9(12)13)5-4-6-11(8,2)10(14)15;1-2-5-3-4-1;2-1(3,4)5/h4-6,8H,3H2,1-2H3,(H,12,13)(H,14,15);1-3H,(H,4,5);/q;;-1/p+1. The van der Waals surface area contributed by atoms with Crippen LogP contribution in [0.25, 0.3) is 0 Å². The van der Waals surface area contributed by atoms with Gasteiger partial charge in [0.2, 0.25) is 0 Å². The van der Waals surface area contributed by atoms with E-state index >= 15 is 0 Å². The molecule has 1 aliphatic carbocycles. The molecule has 1 aliphatic rings. The molecule has 0 amide bonds. The van der Waals surface area contributed by atoms with Gasteiger partial charge in [-0.15, -0.1) is 0 Å². The van der Waals surface area contributed by atoms with E-state index in [-0.39, 0.29) is 7.00 Å². The van der Waals surface area contributed by atoms with Crippen LogP contribution in [0, 0.1) is 11.3 Å². The molecule has 0 aromatic carbocycles. The second-order valence-electron chi connectivity index (χ2n) is 5.09. The van der Waals surface area contributed by atoms with Crippen LogP contribution < -0.4 is 0 Å². The molecular formula is C14H19BF4N2O4. The van der Waals surface area contributed by atoms with Crippen molar-refractivity contribution >= 4 is 19.2 Å². The van der Waals surface area contributed by atoms with Gasteiger partial charge in [0.25, 0.3) is 0 Å². The molecule has 6 nitrogen and oxygen atoms in total. The summed E-state index contributed by atoms with van der Waals surface area (Å²) < 4.78 is 39.0. The molecule has 2 atom stereocenters. The third-order valence-electron chi connectivity index (χ3n) is 3.34. The van der Waals surface area contributed by atoms with E-state index in [1.807, 2.05) is 0 Å². The van der Waals surface area contributed by atoms with E-state index in [9.17, 15) is 26.9 Å². The Morgan fingerprint density at radius 1 is 1.36 bits per heavy atom. The van der Waals surface area contributed by atoms with Crippen molar-refractivity contribution in [3.05, 3.63) is 42.5 Å². The number of carbonyl (C=O) groups is 2. The summed E-state index contributed by atoms with van der Waals surface area (Å²) in [6.45, 7) is 3.34. The number of nitrogens with zero attached hydrogens (tertiary/aromatic N) is 1. The molecule has 2 rings (SSSR count). The van der Waals surface area contributed by atoms with Gasteiger partial charge < -0.3 is 32.5 Å². The molecule has 25 heavy (non-hydrogen) atoms. The Morgan fingerprint density at radius 3 is 2.20 bits per heavy atom. The molecule has 0 saturated carbocycles. The number of carboxylic acid groups (broad SMARTS) is 2. The smallest absolute Gasteiger partial charge is 0.481 e. The van der Waals surface area contributed by atoms with Crippen molar-refractivity contribution < 1.29 is 38.5 Å². The lowest BCUT2D eigenvalue weighted by molar-refractivity contribution is -0.147. The first-order valence-electron chi connectivity index (χ1n) is 7.09. The number of imidazole rings is 1. The Labute approximate surface area is 142 Å². The summed E-state index contributed by atoms with van der Waals surface area (Å²) in [6, 6.07) is 0. The van der Waals surface area contributed by atoms with Crippen LogP contribution in [0.2, 0.25) is 0 Å². The van der Waals surface area contributed by atoms with Crippen molar-refractivity contribution in [2.75, 3.05) is 0 Å². The highest BCUT2D eigenvalue weighted by Crippen LogP contribution is 2.39. The quantitative estimate of drug-likeness (QED) is 0.561. The van der Waals surface area contributed by atoms with Crippen LogP contribution >= 0.6 is 0 Å². The first kappa shape index (κ1) is 22.4. The maximum Gasteiger partial charge on any atom is 1.00 e. The van der Waals surface area contributed by atoms with Crippen LogP contribution in [-0.2, 0) is 9.59 Å². The van der Waals surface area contributed by atoms with Crippen molar-refractivity contribution in [1.29, 1.82) is 0 Å². The van der Waals surface area contributed by atoms with Crippen LogP contribution in [-0.4, -0.2) is 39.4 Å². The molecule has 0 spiro atoms. The third kappa shape index (κ3) is 8.18. The number of H-pyrrole nitrogens is 1. The zero-order valence-corrected chi connectivity index (χ0v) is 13.5. The maximum absolute atomic E-state index is 11.1. The van der Waals surface area contributed by atoms with E-state index in [1.165, 1.54) is 12.2 Å². The number of hydrogen-bond donors (Lipinski definition) is 3. The van der Waals surface area contributed by atoms with Gasteiger partial charge in [0, 0.05) is 23.9 Å². The lowest BCUT2D eigenvalue weighted by atomic mass is 9.69. The van der Waals surface area contributed by atoms with Gasteiger partial charge in [-0.2, -0.15) is 0 Å². The van der Waals surface area contributed by atoms with Crippen molar-refractivity contribution in [1.82, 2.24) is 9.97 Å². The van der Waals surface area contributed by atoms with Gasteiger partial charge in [-0.05, 0) is 13.3 Å². The van der Waals surface area contributed by atoms with Crippen LogP contribution in [0.5, 0.6) is 0 Å². The molecule has 0 aliphatic heterocycles. The van der Waals surface area contributed by atoms with Gasteiger partial charge in [0.15, 0.2) is 0 Å². The zero-order valence-electron chi connectivity index (χ0n) is 14.5. The van der Waals surface area contributed by atoms with E-state index < -0.39 is 30.5 Å². The molecule has 1 heterocycles. The van der Waals surface area contributed by atoms with Crippen molar-refractivity contribution in [2.24, 2.45) is 11.3 Å². The van der Waals surface area contributed by atoms with E-state index in [0.717, 1.165) is 0 Å². The zero-order chi connectivity index (χ0) is 19.7. The molecule has 140 valence electrons. The fraction of sp³-hybridized carbons (Fsp3) is 0.357. The fourth-order valence-corrected chi connectivity index (χ4v) is 2.21. The largest absolute Gasteiger partial charge is 1.00 e. The van der Waals surface area contributed by atoms with Crippen LogP contribution in [0.4, 0.5) is 17.3 Å². The molecule has 1 aromatic heterocycles. The van der Waals surface area contributed by atoms with Gasteiger partial charge in [0.05, 0.1) is 11.7 Å². The van der Waals surface area contributed by atoms with E-state index in [2.05, 4.69) is 9.97 Å². The minimum Gasteiger partial charge on any atom is -0.481 e. The predicted octanol–water partition coefficient (Wildman–Crippen LogP) is 3.51. The summed E-state index contributed by atoms with van der Waals surface area (Å²) in [6.07, 6.45) is 10.1. The SMILES string of the molecule is CCC1C(C(=O)O)=CC=CC1(C)C(=O)O.F[B-](F)(F)F.[H+].c1c[nH]cn1. The Kier molecular flexibility index (Phi) is 8.65. The molecule has 0 fully saturated rings. The minimum atomic E-state index is -6.00. The topological polar surface area (TPSA) is 103 Å². The number of aromatic amines is 1. The number of aliphatic carboxylic acids is 2. The molecule has 0 radical (unpaired) electrons. The lowest BCUT2D eigenvalue weighted by Crippen LogP contribution is -2.38. The first-order valence-corrected chi connectivity index (χ1v) is 7.09. The number of halogens is 4. The summed E-state index contributed by atoms with van der Waals surface area (Å²) in [5, 5.41) is 18.1. The van der Waals surface area contributed by atoms with Crippen LogP contribution in [0.1, 0.15) is 21.7 Å². The lowest BCUT2D eigenvalue weighted by Gasteiger charge is -2.33. The number of nitrogens with one attached hydrogen (secondary N) is 1. The van der Waals surface area contributed by atoms with E-state index in [0.29, 0.717) is 6.42 Å². The highest BCUT2D eigenvalue weighted by Gasteiger charge is 2.43. The molecule has 11 heteroatoms. The molecular weight excluding hydrogens is 347 g/mol. The van der Waals surface area contributed by atoms with Gasteiger partial charge in [-0.3, -0.25) is 4.79 Å². The summed E-state index contributed by atoms with van der Waals surface area (Å²) in [4.78, 5) is 28.5. The molecule has 0 bridgehead atoms. The Bertz CT molecular complexity index is 600. The van der Waals surface area contributed by atoms with Gasteiger partial charge in [-0.25, -0.2) is 9.78 Å². The third-order valence-corrected chi connectivity index (χ3v) is 3.34. The number of carboxylic acids is 2. The predicted molar refractivity (Wildman–Crippen MR) is 84.3 cm³/mol. The van der Waals surface area contributed by atoms with E-state index in [4.69, 9.17) is 10.2 Å². The van der Waals surface area contributed by atoms with Crippen LogP contribution in [0.15, 0.2) is 42.5 Å². The number of hydrogen-bond acceptors (Lipinski definition) is 3. The average molecular weight is 366 g/mol. The Morgan fingerprint density at radius 2 is 1.92 bits per heavy atom. The monoisotopic (exact) mass is 366 g/mol. The number of rotatable bonds is 3. The number of aromatic nitrogens is 2. The fourth-order valence-electron chi connectivity index (χ4n) is 2.21. The van der Waals surface area contributed by atoms with Crippen molar-refractivity contribution in [2.45, 2.75) is 20.3 Å². The highest BCUT2D eigenvalue weighted by molar-refractivity contribution is 6.50. The molecule has 1 aromatic rings.